The molecule has 18 heavy (non-hydrogen) atoms. The molecule has 0 radical (unpaired) electrons. The Bertz CT molecular complexity index is 587. The Morgan fingerprint density at radius 1 is 1.22 bits per heavy atom. The van der Waals surface area contributed by atoms with E-state index in [9.17, 15) is 0 Å². The van der Waals surface area contributed by atoms with Gasteiger partial charge in [-0.25, -0.2) is 4.98 Å². The van der Waals surface area contributed by atoms with E-state index in [-0.39, 0.29) is 0 Å². The maximum absolute atomic E-state index is 4.48. The van der Waals surface area contributed by atoms with E-state index >= 15 is 0 Å². The zero-order chi connectivity index (χ0) is 12.2. The predicted molar refractivity (Wildman–Crippen MR) is 75.2 cm³/mol. The Hall–Kier alpha value is -2.01. The molecule has 0 aliphatic carbocycles. The van der Waals surface area contributed by atoms with Crippen molar-refractivity contribution >= 4 is 23.4 Å². The topological polar surface area (TPSA) is 49.6 Å². The number of aliphatic imine (C=N–C) groups is 1. The zero-order valence-corrected chi connectivity index (χ0v) is 10.5. The molecule has 0 atom stereocenters. The number of amidine groups is 1. The summed E-state index contributed by atoms with van der Waals surface area (Å²) in [6.07, 6.45) is 4.54. The van der Waals surface area contributed by atoms with E-state index in [1.165, 1.54) is 0 Å². The largest absolute Gasteiger partial charge is 0.266 e. The summed E-state index contributed by atoms with van der Waals surface area (Å²) in [5, 5.41) is 7.10. The fourth-order valence-corrected chi connectivity index (χ4v) is 2.40. The summed E-state index contributed by atoms with van der Waals surface area (Å²) in [7, 11) is 0. The van der Waals surface area contributed by atoms with E-state index in [1.807, 2.05) is 29.9 Å². The van der Waals surface area contributed by atoms with Crippen molar-refractivity contribution in [3.63, 3.8) is 0 Å². The van der Waals surface area contributed by atoms with Crippen molar-refractivity contribution in [2.75, 3.05) is 6.54 Å². The van der Waals surface area contributed by atoms with Crippen LogP contribution in [0.3, 0.4) is 0 Å². The van der Waals surface area contributed by atoms with Gasteiger partial charge in [-0.1, -0.05) is 18.2 Å². The maximum atomic E-state index is 4.48. The average molecular weight is 256 g/mol. The molecular weight excluding hydrogens is 244 g/mol. The van der Waals surface area contributed by atoms with Gasteiger partial charge in [0.2, 0.25) is 0 Å². The summed E-state index contributed by atoms with van der Waals surface area (Å²) in [4.78, 5) is 8.80. The highest BCUT2D eigenvalue weighted by atomic mass is 32.1. The van der Waals surface area contributed by atoms with E-state index in [0.29, 0.717) is 0 Å². The molecule has 2 heterocycles. The molecule has 0 bridgehead atoms. The van der Waals surface area contributed by atoms with Crippen molar-refractivity contribution in [1.29, 1.82) is 0 Å². The third-order valence-electron chi connectivity index (χ3n) is 2.61. The number of nitrogens with zero attached hydrogens (tertiary/aromatic N) is 3. The summed E-state index contributed by atoms with van der Waals surface area (Å²) in [6, 6.07) is 8.20. The number of hydrazone groups is 1. The lowest BCUT2D eigenvalue weighted by molar-refractivity contribution is 1.03. The third-order valence-corrected chi connectivity index (χ3v) is 3.43. The van der Waals surface area contributed by atoms with Gasteiger partial charge in [0.1, 0.15) is 10.8 Å². The minimum atomic E-state index is 0.771. The number of rotatable bonds is 2. The highest BCUT2D eigenvalue weighted by molar-refractivity contribution is 7.13. The van der Waals surface area contributed by atoms with Crippen LogP contribution in [0.15, 0.2) is 45.9 Å². The second kappa shape index (κ2) is 5.10. The van der Waals surface area contributed by atoms with Crippen molar-refractivity contribution < 1.29 is 0 Å². The van der Waals surface area contributed by atoms with Gasteiger partial charge in [-0.05, 0) is 6.07 Å². The highest BCUT2D eigenvalue weighted by Gasteiger charge is 2.07. The summed E-state index contributed by atoms with van der Waals surface area (Å²) in [5.74, 6) is 0.821. The van der Waals surface area contributed by atoms with Crippen LogP contribution in [0.25, 0.3) is 10.6 Å². The standard InChI is InChI=1S/C13H12N4S/c1-3-10(12-14-5-2-6-16-17-12)9-11(4-1)13-15-7-8-18-13/h1,3-4,6-9H,2,5H2,(H,14,17). The molecule has 0 saturated carbocycles. The quantitative estimate of drug-likeness (QED) is 0.897. The molecule has 0 unspecified atom stereocenters. The number of benzene rings is 1. The molecule has 3 rings (SSSR count). The molecule has 0 spiro atoms. The first-order chi connectivity index (χ1) is 8.93. The number of thiazole rings is 1. The number of nitrogens with one attached hydrogen (secondary N) is 1. The average Bonchev–Trinajstić information content (AvgIpc) is 2.82. The maximum Gasteiger partial charge on any atom is 0.148 e. The van der Waals surface area contributed by atoms with Crippen molar-refractivity contribution in [2.45, 2.75) is 6.42 Å². The van der Waals surface area contributed by atoms with E-state index in [2.05, 4.69) is 32.6 Å². The fourth-order valence-electron chi connectivity index (χ4n) is 1.76. The summed E-state index contributed by atoms with van der Waals surface area (Å²) in [5.41, 5.74) is 5.13. The second-order valence-corrected chi connectivity index (χ2v) is 4.76. The molecule has 2 aromatic rings. The minimum Gasteiger partial charge on any atom is -0.266 e. The minimum absolute atomic E-state index is 0.771. The summed E-state index contributed by atoms with van der Waals surface area (Å²) < 4.78 is 0. The molecule has 0 fully saturated rings. The first kappa shape index (κ1) is 11.1. The van der Waals surface area contributed by atoms with Crippen molar-refractivity contribution in [3.05, 3.63) is 41.4 Å². The number of aromatic nitrogens is 1. The lowest BCUT2D eigenvalue weighted by atomic mass is 10.1. The van der Waals surface area contributed by atoms with Gasteiger partial charge in [0.25, 0.3) is 0 Å². The van der Waals surface area contributed by atoms with Crippen LogP contribution in [0, 0.1) is 0 Å². The van der Waals surface area contributed by atoms with Crippen molar-refractivity contribution in [1.82, 2.24) is 10.4 Å². The van der Waals surface area contributed by atoms with Crippen LogP contribution in [0.1, 0.15) is 12.0 Å². The third kappa shape index (κ3) is 2.31. The van der Waals surface area contributed by atoms with Gasteiger partial charge < -0.3 is 0 Å². The van der Waals surface area contributed by atoms with Gasteiger partial charge in [0.05, 0.1) is 0 Å². The summed E-state index contributed by atoms with van der Waals surface area (Å²) >= 11 is 1.63. The lowest BCUT2D eigenvalue weighted by Gasteiger charge is -2.05. The van der Waals surface area contributed by atoms with Crippen LogP contribution in [-0.2, 0) is 0 Å². The normalized spacial score (nSPS) is 14.8. The zero-order valence-electron chi connectivity index (χ0n) is 9.71. The molecule has 90 valence electrons. The monoisotopic (exact) mass is 256 g/mol. The van der Waals surface area contributed by atoms with Crippen LogP contribution in [0.4, 0.5) is 0 Å². The van der Waals surface area contributed by atoms with Crippen molar-refractivity contribution in [3.8, 4) is 10.6 Å². The van der Waals surface area contributed by atoms with Gasteiger partial charge in [0, 0.05) is 41.9 Å². The molecule has 0 saturated heterocycles. The molecule has 1 N–H and O–H groups in total. The van der Waals surface area contributed by atoms with E-state index in [0.717, 1.165) is 34.9 Å². The molecule has 1 aliphatic rings. The number of hydrogen-bond acceptors (Lipinski definition) is 5. The number of hydrogen-bond donors (Lipinski definition) is 1. The van der Waals surface area contributed by atoms with Gasteiger partial charge >= 0.3 is 0 Å². The van der Waals surface area contributed by atoms with Gasteiger partial charge in [0.15, 0.2) is 0 Å². The van der Waals surface area contributed by atoms with Crippen LogP contribution in [0.5, 0.6) is 0 Å². The van der Waals surface area contributed by atoms with Crippen molar-refractivity contribution in [2.24, 2.45) is 10.1 Å². The first-order valence-electron chi connectivity index (χ1n) is 5.76. The van der Waals surface area contributed by atoms with Gasteiger partial charge in [-0.2, -0.15) is 5.10 Å². The lowest BCUT2D eigenvalue weighted by Crippen LogP contribution is -2.18. The molecule has 4 nitrogen and oxygen atoms in total. The van der Waals surface area contributed by atoms with Gasteiger partial charge in [-0.15, -0.1) is 11.3 Å². The van der Waals surface area contributed by atoms with E-state index in [4.69, 9.17) is 0 Å². The Morgan fingerprint density at radius 2 is 2.17 bits per heavy atom. The Kier molecular flexibility index (Phi) is 3.14. The van der Waals surface area contributed by atoms with Crippen LogP contribution in [-0.4, -0.2) is 23.6 Å². The smallest absolute Gasteiger partial charge is 0.148 e. The SMILES string of the molecule is C1=NNC(c2cccc(-c3nccs3)c2)=NCC1. The Labute approximate surface area is 109 Å². The molecule has 1 aromatic heterocycles. The van der Waals surface area contributed by atoms with E-state index in [1.54, 1.807) is 11.3 Å². The van der Waals surface area contributed by atoms with E-state index < -0.39 is 0 Å². The molecule has 0 amide bonds. The van der Waals surface area contributed by atoms with Crippen LogP contribution < -0.4 is 5.43 Å². The second-order valence-electron chi connectivity index (χ2n) is 3.86. The first-order valence-corrected chi connectivity index (χ1v) is 6.64. The highest BCUT2D eigenvalue weighted by Crippen LogP contribution is 2.22. The van der Waals surface area contributed by atoms with Crippen LogP contribution in [0.2, 0.25) is 0 Å². The molecule has 1 aliphatic heterocycles. The molecular formula is C13H12N4S. The predicted octanol–water partition coefficient (Wildman–Crippen LogP) is 2.54. The molecule has 1 aromatic carbocycles. The fraction of sp³-hybridized carbons (Fsp3) is 0.154. The van der Waals surface area contributed by atoms with Crippen LogP contribution >= 0.6 is 11.3 Å². The Balaban J connectivity index is 1.96. The molecule has 5 heteroatoms. The Morgan fingerprint density at radius 3 is 3.06 bits per heavy atom. The summed E-state index contributed by atoms with van der Waals surface area (Å²) in [6.45, 7) is 0.771. The van der Waals surface area contributed by atoms with Gasteiger partial charge in [-0.3, -0.25) is 10.4 Å².